The van der Waals surface area contributed by atoms with Crippen LogP contribution < -0.4 is 9.64 Å². The van der Waals surface area contributed by atoms with Gasteiger partial charge in [0, 0.05) is 16.3 Å². The quantitative estimate of drug-likeness (QED) is 0.0726. The summed E-state index contributed by atoms with van der Waals surface area (Å²) in [5.41, 5.74) is 2.57. The number of hydrogen-bond acceptors (Lipinski definition) is 9. The Labute approximate surface area is 251 Å². The first-order valence-electron chi connectivity index (χ1n) is 11.8. The Morgan fingerprint density at radius 2 is 1.88 bits per heavy atom. The number of Topliss-reactive ketones (excluding diaryl/α,β-unsaturated/α-hetero) is 1. The van der Waals surface area contributed by atoms with Crippen LogP contribution in [0.4, 0.5) is 5.13 Å². The summed E-state index contributed by atoms with van der Waals surface area (Å²) in [6, 6.07) is 16.4. The lowest BCUT2D eigenvalue weighted by Gasteiger charge is -2.23. The third kappa shape index (κ3) is 5.34. The number of halogens is 2. The Balaban J connectivity index is 1.60. The summed E-state index contributed by atoms with van der Waals surface area (Å²) < 4.78 is 6.17. The zero-order chi connectivity index (χ0) is 28.6. The summed E-state index contributed by atoms with van der Waals surface area (Å²) in [5.74, 6) is -1.54. The van der Waals surface area contributed by atoms with Crippen LogP contribution in [0.3, 0.4) is 0 Å². The zero-order valence-electron chi connectivity index (χ0n) is 21.1. The molecule has 1 atom stereocenters. The fourth-order valence-corrected chi connectivity index (χ4v) is 6.85. The molecule has 0 saturated carbocycles. The number of ether oxygens (including phenoxy) is 1. The lowest BCUT2D eigenvalue weighted by Crippen LogP contribution is -2.29. The number of nitrogens with zero attached hydrogens (tertiary/aromatic N) is 3. The number of phenols is 1. The van der Waals surface area contributed by atoms with Crippen LogP contribution in [0.5, 0.6) is 11.5 Å². The van der Waals surface area contributed by atoms with Gasteiger partial charge in [-0.3, -0.25) is 14.5 Å². The van der Waals surface area contributed by atoms with Gasteiger partial charge in [0.15, 0.2) is 15.8 Å². The van der Waals surface area contributed by atoms with Crippen LogP contribution in [0.1, 0.15) is 28.3 Å². The number of carbonyl (C=O) groups excluding carboxylic acids is 2. The van der Waals surface area contributed by atoms with Crippen LogP contribution in [-0.2, 0) is 15.3 Å². The molecule has 1 amide bonds. The number of carbonyl (C=O) groups is 2. The number of aliphatic hydroxyl groups is 1. The maximum Gasteiger partial charge on any atom is 0.301 e. The van der Waals surface area contributed by atoms with Gasteiger partial charge in [-0.05, 0) is 52.2 Å². The number of hydrogen-bond donors (Lipinski definition) is 2. The maximum atomic E-state index is 13.5. The summed E-state index contributed by atoms with van der Waals surface area (Å²) >= 11 is 12.1. The zero-order valence-corrected chi connectivity index (χ0v) is 25.1. The highest BCUT2D eigenvalue weighted by atomic mass is 79.9. The predicted octanol–water partition coefficient (Wildman–Crippen LogP) is 6.90. The molecule has 1 saturated heterocycles. The van der Waals surface area contributed by atoms with E-state index in [1.54, 1.807) is 36.4 Å². The van der Waals surface area contributed by atoms with Crippen LogP contribution in [0, 0.1) is 6.92 Å². The molecule has 40 heavy (non-hydrogen) atoms. The van der Waals surface area contributed by atoms with Gasteiger partial charge in [-0.25, -0.2) is 0 Å². The molecule has 4 aromatic rings. The number of ketones is 1. The first-order valence-corrected chi connectivity index (χ1v) is 14.8. The second-order valence-corrected chi connectivity index (χ2v) is 12.3. The van der Waals surface area contributed by atoms with E-state index in [2.05, 4.69) is 26.1 Å². The highest BCUT2D eigenvalue weighted by Crippen LogP contribution is 2.47. The Kier molecular flexibility index (Phi) is 8.18. The molecule has 1 fully saturated rings. The number of aliphatic hydroxyl groups excluding tert-OH is 1. The number of aromatic hydroxyl groups is 1. The Hall–Kier alpha value is -3.38. The molecular formula is C28H21BrClN3O5S2. The van der Waals surface area contributed by atoms with Crippen LogP contribution in [0.25, 0.3) is 5.76 Å². The smallest absolute Gasteiger partial charge is 0.301 e. The summed E-state index contributed by atoms with van der Waals surface area (Å²) in [4.78, 5) is 28.2. The van der Waals surface area contributed by atoms with Crippen molar-refractivity contribution in [3.63, 3.8) is 0 Å². The predicted molar refractivity (Wildman–Crippen MR) is 159 cm³/mol. The molecule has 3 aromatic carbocycles. The van der Waals surface area contributed by atoms with Crippen molar-refractivity contribution in [1.82, 2.24) is 10.2 Å². The van der Waals surface area contributed by atoms with E-state index in [9.17, 15) is 19.8 Å². The number of thioether (sulfide) groups is 1. The molecule has 204 valence electrons. The molecule has 5 rings (SSSR count). The highest BCUT2D eigenvalue weighted by molar-refractivity contribution is 9.10. The highest BCUT2D eigenvalue weighted by Gasteiger charge is 2.48. The van der Waals surface area contributed by atoms with Crippen LogP contribution in [0.2, 0.25) is 5.02 Å². The average Bonchev–Trinajstić information content (AvgIpc) is 3.51. The average molecular weight is 659 g/mol. The van der Waals surface area contributed by atoms with Gasteiger partial charge in [-0.1, -0.05) is 82.7 Å². The van der Waals surface area contributed by atoms with E-state index in [1.165, 1.54) is 29.8 Å². The molecule has 0 spiro atoms. The molecule has 12 heteroatoms. The minimum atomic E-state index is -1.07. The number of rotatable bonds is 7. The molecule has 2 heterocycles. The van der Waals surface area contributed by atoms with E-state index in [1.807, 2.05) is 25.1 Å². The third-order valence-corrected chi connectivity index (χ3v) is 9.34. The molecule has 2 N–H and O–H groups in total. The van der Waals surface area contributed by atoms with Crippen LogP contribution >= 0.6 is 50.6 Å². The second kappa shape index (κ2) is 11.6. The monoisotopic (exact) mass is 657 g/mol. The Morgan fingerprint density at radius 3 is 2.58 bits per heavy atom. The Morgan fingerprint density at radius 1 is 1.15 bits per heavy atom. The second-order valence-electron chi connectivity index (χ2n) is 8.82. The van der Waals surface area contributed by atoms with Crippen molar-refractivity contribution in [2.75, 3.05) is 12.0 Å². The number of phenolic OH excluding ortho intramolecular Hbond substituents is 1. The van der Waals surface area contributed by atoms with Crippen molar-refractivity contribution in [1.29, 1.82) is 0 Å². The number of methoxy groups -OCH3 is 1. The normalized spacial score (nSPS) is 16.5. The van der Waals surface area contributed by atoms with E-state index in [0.29, 0.717) is 26.2 Å². The lowest BCUT2D eigenvalue weighted by molar-refractivity contribution is -0.132. The third-order valence-electron chi connectivity index (χ3n) is 6.27. The number of benzene rings is 3. The lowest BCUT2D eigenvalue weighted by atomic mass is 9.95. The minimum Gasteiger partial charge on any atom is -0.507 e. The summed E-state index contributed by atoms with van der Waals surface area (Å²) in [7, 11) is 1.39. The van der Waals surface area contributed by atoms with Crippen LogP contribution in [0.15, 0.2) is 75.0 Å². The molecular weight excluding hydrogens is 638 g/mol. The van der Waals surface area contributed by atoms with Gasteiger partial charge in [0.1, 0.15) is 5.76 Å². The number of anilines is 1. The molecule has 0 radical (unpaired) electrons. The molecule has 0 aliphatic carbocycles. The molecule has 1 aromatic heterocycles. The number of aromatic nitrogens is 2. The van der Waals surface area contributed by atoms with Crippen LogP contribution in [-0.4, -0.2) is 39.2 Å². The van der Waals surface area contributed by atoms with Gasteiger partial charge in [-0.15, -0.1) is 10.2 Å². The van der Waals surface area contributed by atoms with Crippen molar-refractivity contribution in [2.24, 2.45) is 0 Å². The van der Waals surface area contributed by atoms with Gasteiger partial charge in [0.2, 0.25) is 5.13 Å². The molecule has 8 nitrogen and oxygen atoms in total. The topological polar surface area (TPSA) is 113 Å². The van der Waals surface area contributed by atoms with E-state index in [4.69, 9.17) is 16.3 Å². The van der Waals surface area contributed by atoms with Gasteiger partial charge in [-0.2, -0.15) is 0 Å². The summed E-state index contributed by atoms with van der Waals surface area (Å²) in [6.07, 6.45) is 0. The fraction of sp³-hybridized carbons (Fsp3) is 0.143. The summed E-state index contributed by atoms with van der Waals surface area (Å²) in [5, 5.41) is 31.0. The SMILES string of the molecule is COc1cc(C2/C(=C(/O)c3ccc(C)cc3)C(=O)C(=O)N2c2nnc(SCc3ccccc3Cl)s2)cc(Br)c1O. The Bertz CT molecular complexity index is 1660. The molecule has 0 bridgehead atoms. The standard InChI is InChI=1S/C28H21BrClN3O5S2/c1-14-7-9-15(10-8-14)23(34)21-22(17-11-18(29)24(35)20(12-17)38-2)33(26(37)25(21)36)27-31-32-28(40-27)39-13-16-5-3-4-6-19(16)30/h3-12,22,34-35H,13H2,1-2H3/b23-21-. The minimum absolute atomic E-state index is 0.117. The largest absolute Gasteiger partial charge is 0.507 e. The first-order chi connectivity index (χ1) is 19.2. The van der Waals surface area contributed by atoms with Gasteiger partial charge < -0.3 is 14.9 Å². The van der Waals surface area contributed by atoms with Gasteiger partial charge in [0.25, 0.3) is 5.78 Å². The van der Waals surface area contributed by atoms with E-state index in [0.717, 1.165) is 22.5 Å². The van der Waals surface area contributed by atoms with Gasteiger partial charge >= 0.3 is 5.91 Å². The maximum absolute atomic E-state index is 13.5. The van der Waals surface area contributed by atoms with Crippen molar-refractivity contribution < 1.29 is 24.5 Å². The first kappa shape index (κ1) is 28.2. The molecule has 1 aliphatic heterocycles. The van der Waals surface area contributed by atoms with Crippen molar-refractivity contribution in [2.45, 2.75) is 23.1 Å². The van der Waals surface area contributed by atoms with Gasteiger partial charge in [0.05, 0.1) is 23.2 Å². The van der Waals surface area contributed by atoms with Crippen molar-refractivity contribution >= 4 is 73.2 Å². The van der Waals surface area contributed by atoms with E-state index < -0.39 is 17.7 Å². The number of aryl methyl sites for hydroxylation is 1. The molecule has 1 aliphatic rings. The van der Waals surface area contributed by atoms with Crippen molar-refractivity contribution in [3.05, 3.63) is 98.0 Å². The van der Waals surface area contributed by atoms with Crippen molar-refractivity contribution in [3.8, 4) is 11.5 Å². The number of amides is 1. The molecule has 1 unspecified atom stereocenters. The van der Waals surface area contributed by atoms with E-state index >= 15 is 0 Å². The fourth-order valence-electron chi connectivity index (χ4n) is 4.23. The van der Waals surface area contributed by atoms with E-state index in [-0.39, 0.29) is 32.4 Å². The summed E-state index contributed by atoms with van der Waals surface area (Å²) in [6.45, 7) is 1.90.